The third kappa shape index (κ3) is 3.66. The molecular weight excluding hydrogens is 330 g/mol. The van der Waals surface area contributed by atoms with Crippen molar-refractivity contribution in [3.63, 3.8) is 0 Å². The normalized spacial score (nSPS) is 22.7. The Hall–Kier alpha value is -2.18. The largest absolute Gasteiger partial charge is 0.390 e. The number of aromatic nitrogens is 2. The first-order valence-corrected chi connectivity index (χ1v) is 8.07. The molecule has 0 spiro atoms. The number of carbonyl (C=O) groups excluding carboxylic acids is 1. The van der Waals surface area contributed by atoms with Crippen molar-refractivity contribution < 1.29 is 9.90 Å². The van der Waals surface area contributed by atoms with Crippen LogP contribution in [0, 0.1) is 0 Å². The van der Waals surface area contributed by atoms with Crippen molar-refractivity contribution >= 4 is 17.5 Å². The van der Waals surface area contributed by atoms with Gasteiger partial charge in [-0.25, -0.2) is 4.68 Å². The molecule has 0 unspecified atom stereocenters. The van der Waals surface area contributed by atoms with Gasteiger partial charge in [0.1, 0.15) is 6.54 Å². The van der Waals surface area contributed by atoms with Crippen LogP contribution in [0.25, 0.3) is 11.1 Å². The third-order valence-electron chi connectivity index (χ3n) is 4.07. The van der Waals surface area contributed by atoms with E-state index in [2.05, 4.69) is 10.4 Å². The predicted octanol–water partition coefficient (Wildman–Crippen LogP) is 1.59. The van der Waals surface area contributed by atoms with Gasteiger partial charge in [-0.15, -0.1) is 0 Å². The maximum Gasteiger partial charge on any atom is 0.267 e. The zero-order chi connectivity index (χ0) is 17.3. The van der Waals surface area contributed by atoms with Gasteiger partial charge in [0.15, 0.2) is 5.15 Å². The van der Waals surface area contributed by atoms with Gasteiger partial charge in [-0.3, -0.25) is 9.59 Å². The highest BCUT2D eigenvalue weighted by atomic mass is 35.5. The smallest absolute Gasteiger partial charge is 0.267 e. The van der Waals surface area contributed by atoms with Crippen LogP contribution in [0.15, 0.2) is 41.2 Å². The number of amides is 1. The summed E-state index contributed by atoms with van der Waals surface area (Å²) in [6.45, 7) is 1.52. The Morgan fingerprint density at radius 1 is 1.42 bits per heavy atom. The molecule has 2 N–H and O–H groups in total. The first-order valence-electron chi connectivity index (χ1n) is 7.69. The summed E-state index contributed by atoms with van der Waals surface area (Å²) in [5, 5.41) is 16.6. The summed E-state index contributed by atoms with van der Waals surface area (Å²) in [6.07, 6.45) is 1.02. The number of benzene rings is 1. The van der Waals surface area contributed by atoms with Gasteiger partial charge in [-0.05, 0) is 25.3 Å². The van der Waals surface area contributed by atoms with Crippen molar-refractivity contribution in [1.29, 1.82) is 0 Å². The molecule has 126 valence electrons. The van der Waals surface area contributed by atoms with Crippen molar-refractivity contribution in [2.75, 3.05) is 0 Å². The third-order valence-corrected chi connectivity index (χ3v) is 4.35. The summed E-state index contributed by atoms with van der Waals surface area (Å²) < 4.78 is 1.04. The molecule has 0 aliphatic heterocycles. The number of nitrogens with one attached hydrogen (secondary N) is 1. The van der Waals surface area contributed by atoms with Crippen LogP contribution in [-0.2, 0) is 11.3 Å². The van der Waals surface area contributed by atoms with E-state index in [9.17, 15) is 14.7 Å². The van der Waals surface area contributed by atoms with E-state index in [1.165, 1.54) is 6.07 Å². The topological polar surface area (TPSA) is 84.2 Å². The second-order valence-electron chi connectivity index (χ2n) is 6.38. The second kappa shape index (κ2) is 6.37. The fraction of sp³-hybridized carbons (Fsp3) is 0.353. The molecule has 1 aliphatic rings. The molecule has 0 atom stereocenters. The number of carbonyl (C=O) groups is 1. The molecule has 7 heteroatoms. The Morgan fingerprint density at radius 2 is 2.08 bits per heavy atom. The van der Waals surface area contributed by atoms with Crippen molar-refractivity contribution in [3.05, 3.63) is 51.9 Å². The molecule has 0 radical (unpaired) electrons. The summed E-state index contributed by atoms with van der Waals surface area (Å²) in [7, 11) is 0. The van der Waals surface area contributed by atoms with Crippen LogP contribution in [0.4, 0.5) is 0 Å². The van der Waals surface area contributed by atoms with E-state index < -0.39 is 11.2 Å². The predicted molar refractivity (Wildman–Crippen MR) is 90.7 cm³/mol. The molecule has 1 aromatic heterocycles. The molecule has 6 nitrogen and oxygen atoms in total. The van der Waals surface area contributed by atoms with E-state index in [4.69, 9.17) is 11.6 Å². The highest BCUT2D eigenvalue weighted by Gasteiger charge is 2.39. The monoisotopic (exact) mass is 347 g/mol. The lowest BCUT2D eigenvalue weighted by atomic mass is 9.77. The van der Waals surface area contributed by atoms with Crippen LogP contribution in [-0.4, -0.2) is 32.4 Å². The first-order chi connectivity index (χ1) is 11.3. The fourth-order valence-corrected chi connectivity index (χ4v) is 3.17. The molecule has 0 saturated heterocycles. The summed E-state index contributed by atoms with van der Waals surface area (Å²) in [4.78, 5) is 24.2. The molecule has 1 fully saturated rings. The number of halogens is 1. The van der Waals surface area contributed by atoms with E-state index >= 15 is 0 Å². The Balaban J connectivity index is 1.72. The van der Waals surface area contributed by atoms with Crippen molar-refractivity contribution in [1.82, 2.24) is 15.1 Å². The highest BCUT2D eigenvalue weighted by Crippen LogP contribution is 2.31. The highest BCUT2D eigenvalue weighted by molar-refractivity contribution is 6.32. The molecule has 1 heterocycles. The van der Waals surface area contributed by atoms with Gasteiger partial charge in [0.25, 0.3) is 5.56 Å². The average Bonchev–Trinajstić information content (AvgIpc) is 2.49. The van der Waals surface area contributed by atoms with Crippen LogP contribution >= 0.6 is 11.6 Å². The number of nitrogens with zero attached hydrogens (tertiary/aromatic N) is 2. The molecule has 0 bridgehead atoms. The van der Waals surface area contributed by atoms with Gasteiger partial charge < -0.3 is 10.4 Å². The fourth-order valence-electron chi connectivity index (χ4n) is 2.91. The summed E-state index contributed by atoms with van der Waals surface area (Å²) in [6, 6.07) is 10.5. The van der Waals surface area contributed by atoms with Crippen LogP contribution in [0.5, 0.6) is 0 Å². The summed E-state index contributed by atoms with van der Waals surface area (Å²) >= 11 is 6.17. The van der Waals surface area contributed by atoms with E-state index in [-0.39, 0.29) is 23.6 Å². The quantitative estimate of drug-likeness (QED) is 0.879. The lowest BCUT2D eigenvalue weighted by Crippen LogP contribution is -2.54. The molecule has 1 aromatic carbocycles. The molecule has 3 rings (SSSR count). The number of rotatable bonds is 4. The Morgan fingerprint density at radius 3 is 2.71 bits per heavy atom. The first kappa shape index (κ1) is 16.7. The Labute approximate surface area is 144 Å². The minimum atomic E-state index is -0.715. The Kier molecular flexibility index (Phi) is 4.43. The van der Waals surface area contributed by atoms with E-state index in [1.807, 2.05) is 30.3 Å². The zero-order valence-electron chi connectivity index (χ0n) is 13.2. The average molecular weight is 348 g/mol. The van der Waals surface area contributed by atoms with Gasteiger partial charge in [0.05, 0.1) is 5.60 Å². The van der Waals surface area contributed by atoms with Crippen molar-refractivity contribution in [2.45, 2.75) is 38.0 Å². The van der Waals surface area contributed by atoms with Crippen molar-refractivity contribution in [2.24, 2.45) is 0 Å². The lowest BCUT2D eigenvalue weighted by Gasteiger charge is -2.41. The minimum absolute atomic E-state index is 0.0673. The van der Waals surface area contributed by atoms with Crippen LogP contribution in [0.1, 0.15) is 19.8 Å². The van der Waals surface area contributed by atoms with E-state index in [0.717, 1.165) is 10.2 Å². The number of aliphatic hydroxyl groups is 1. The number of hydrogen-bond donors (Lipinski definition) is 2. The number of hydrogen-bond acceptors (Lipinski definition) is 4. The van der Waals surface area contributed by atoms with Gasteiger partial charge >= 0.3 is 0 Å². The second-order valence-corrected chi connectivity index (χ2v) is 6.74. The van der Waals surface area contributed by atoms with Gasteiger partial charge in [-0.2, -0.15) is 5.10 Å². The zero-order valence-corrected chi connectivity index (χ0v) is 14.0. The molecule has 2 aromatic rings. The minimum Gasteiger partial charge on any atom is -0.390 e. The standard InChI is InChI=1S/C17H18ClN3O3/c1-17(24)8-12(9-17)19-14(22)10-21-15(23)7-13(16(18)20-21)11-5-3-2-4-6-11/h2-7,12,24H,8-10H2,1H3,(H,19,22). The molecule has 1 saturated carbocycles. The maximum absolute atomic E-state index is 12.2. The maximum atomic E-state index is 12.2. The van der Waals surface area contributed by atoms with Crippen LogP contribution in [0.3, 0.4) is 0 Å². The van der Waals surface area contributed by atoms with E-state index in [0.29, 0.717) is 18.4 Å². The molecular formula is C17H18ClN3O3. The molecule has 1 amide bonds. The van der Waals surface area contributed by atoms with Crippen LogP contribution < -0.4 is 10.9 Å². The Bertz CT molecular complexity index is 810. The van der Waals surface area contributed by atoms with Crippen LogP contribution in [0.2, 0.25) is 5.15 Å². The molecule has 1 aliphatic carbocycles. The van der Waals surface area contributed by atoms with Gasteiger partial charge in [0, 0.05) is 17.7 Å². The van der Waals surface area contributed by atoms with Gasteiger partial charge in [-0.1, -0.05) is 41.9 Å². The van der Waals surface area contributed by atoms with Crippen molar-refractivity contribution in [3.8, 4) is 11.1 Å². The SMILES string of the molecule is CC1(O)CC(NC(=O)Cn2nc(Cl)c(-c3ccccc3)cc2=O)C1. The van der Waals surface area contributed by atoms with E-state index in [1.54, 1.807) is 6.92 Å². The summed E-state index contributed by atoms with van der Waals surface area (Å²) in [5.74, 6) is -0.325. The summed E-state index contributed by atoms with van der Waals surface area (Å²) in [5.41, 5.74) is 0.219. The lowest BCUT2D eigenvalue weighted by molar-refractivity contribution is -0.125. The van der Waals surface area contributed by atoms with Gasteiger partial charge in [0.2, 0.25) is 5.91 Å². The molecule has 24 heavy (non-hydrogen) atoms.